The van der Waals surface area contributed by atoms with E-state index in [0.717, 1.165) is 5.56 Å². The number of amides is 1. The quantitative estimate of drug-likeness (QED) is 0.891. The van der Waals surface area contributed by atoms with E-state index < -0.39 is 11.7 Å². The first-order chi connectivity index (χ1) is 9.06. The molecule has 0 heterocycles. The van der Waals surface area contributed by atoms with Crippen LogP contribution in [0.5, 0.6) is 0 Å². The van der Waals surface area contributed by atoms with Crippen molar-refractivity contribution in [3.63, 3.8) is 0 Å². The molecule has 2 aromatic carbocycles. The average molecular weight is 343 g/mol. The Balaban J connectivity index is 2.05. The lowest BCUT2D eigenvalue weighted by Gasteiger charge is -2.07. The first-order valence-electron chi connectivity index (χ1n) is 5.54. The van der Waals surface area contributed by atoms with Gasteiger partial charge in [-0.25, -0.2) is 4.39 Å². The van der Waals surface area contributed by atoms with E-state index in [1.807, 2.05) is 0 Å². The van der Waals surface area contributed by atoms with E-state index in [9.17, 15) is 9.18 Å². The molecule has 5 heteroatoms. The second-order valence-corrected chi connectivity index (χ2v) is 5.29. The Labute approximate surface area is 123 Å². The number of carbonyl (C=O) groups is 1. The number of rotatable bonds is 3. The third kappa shape index (κ3) is 3.78. The van der Waals surface area contributed by atoms with Crippen molar-refractivity contribution in [2.24, 2.45) is 0 Å². The topological polar surface area (TPSA) is 29.1 Å². The lowest BCUT2D eigenvalue weighted by Crippen LogP contribution is -2.23. The van der Waals surface area contributed by atoms with Crippen LogP contribution in [-0.2, 0) is 6.54 Å². The molecule has 0 aliphatic heterocycles. The number of benzene rings is 2. The van der Waals surface area contributed by atoms with Gasteiger partial charge in [-0.1, -0.05) is 39.7 Å². The van der Waals surface area contributed by atoms with Crippen LogP contribution in [0.1, 0.15) is 15.9 Å². The second kappa shape index (κ2) is 6.17. The number of nitrogens with one attached hydrogen (secondary N) is 1. The lowest BCUT2D eigenvalue weighted by molar-refractivity contribution is 0.0947. The Morgan fingerprint density at radius 3 is 2.58 bits per heavy atom. The first-order valence-corrected chi connectivity index (χ1v) is 6.71. The molecule has 0 unspecified atom stereocenters. The minimum absolute atomic E-state index is 0.0170. The molecule has 19 heavy (non-hydrogen) atoms. The monoisotopic (exact) mass is 341 g/mol. The van der Waals surface area contributed by atoms with Crippen LogP contribution in [0.15, 0.2) is 46.9 Å². The van der Waals surface area contributed by atoms with Gasteiger partial charge in [0.1, 0.15) is 5.82 Å². The fourth-order valence-electron chi connectivity index (χ4n) is 1.55. The van der Waals surface area contributed by atoms with E-state index in [2.05, 4.69) is 21.2 Å². The molecule has 0 radical (unpaired) electrons. The number of halogens is 3. The van der Waals surface area contributed by atoms with Crippen LogP contribution in [0.4, 0.5) is 4.39 Å². The zero-order chi connectivity index (χ0) is 13.8. The highest BCUT2D eigenvalue weighted by Crippen LogP contribution is 2.16. The SMILES string of the molecule is O=C(NCc1ccc(Cl)cc1)c1cc(Br)ccc1F. The maximum Gasteiger partial charge on any atom is 0.254 e. The summed E-state index contributed by atoms with van der Waals surface area (Å²) in [6.07, 6.45) is 0. The first kappa shape index (κ1) is 14.0. The van der Waals surface area contributed by atoms with Gasteiger partial charge in [-0.15, -0.1) is 0 Å². The summed E-state index contributed by atoms with van der Waals surface area (Å²) in [6.45, 7) is 0.321. The molecule has 0 atom stereocenters. The fourth-order valence-corrected chi connectivity index (χ4v) is 2.04. The van der Waals surface area contributed by atoms with Gasteiger partial charge < -0.3 is 5.32 Å². The highest BCUT2D eigenvalue weighted by atomic mass is 79.9. The number of hydrogen-bond acceptors (Lipinski definition) is 1. The van der Waals surface area contributed by atoms with Crippen LogP contribution in [0.2, 0.25) is 5.02 Å². The summed E-state index contributed by atoms with van der Waals surface area (Å²) in [4.78, 5) is 11.9. The van der Waals surface area contributed by atoms with Gasteiger partial charge in [-0.05, 0) is 35.9 Å². The molecule has 0 aliphatic rings. The van der Waals surface area contributed by atoms with Crippen molar-refractivity contribution in [3.8, 4) is 0 Å². The highest BCUT2D eigenvalue weighted by molar-refractivity contribution is 9.10. The van der Waals surface area contributed by atoms with Crippen LogP contribution in [0.25, 0.3) is 0 Å². The molecule has 98 valence electrons. The Hall–Kier alpha value is -1.39. The van der Waals surface area contributed by atoms with Crippen LogP contribution in [-0.4, -0.2) is 5.91 Å². The summed E-state index contributed by atoms with van der Waals surface area (Å²) in [7, 11) is 0. The van der Waals surface area contributed by atoms with Crippen LogP contribution >= 0.6 is 27.5 Å². The van der Waals surface area contributed by atoms with Crippen molar-refractivity contribution in [2.45, 2.75) is 6.54 Å². The molecule has 2 rings (SSSR count). The molecule has 1 amide bonds. The van der Waals surface area contributed by atoms with Gasteiger partial charge in [0, 0.05) is 16.0 Å². The summed E-state index contributed by atoms with van der Waals surface area (Å²) >= 11 is 8.97. The van der Waals surface area contributed by atoms with Crippen molar-refractivity contribution in [1.82, 2.24) is 5.32 Å². The Morgan fingerprint density at radius 2 is 1.89 bits per heavy atom. The fraction of sp³-hybridized carbons (Fsp3) is 0.0714. The largest absolute Gasteiger partial charge is 0.348 e. The number of carbonyl (C=O) groups excluding carboxylic acids is 1. The van der Waals surface area contributed by atoms with Gasteiger partial charge in [0.15, 0.2) is 0 Å². The number of hydrogen-bond donors (Lipinski definition) is 1. The van der Waals surface area contributed by atoms with Crippen molar-refractivity contribution in [3.05, 3.63) is 68.9 Å². The van der Waals surface area contributed by atoms with E-state index in [1.165, 1.54) is 12.1 Å². The predicted octanol–water partition coefficient (Wildman–Crippen LogP) is 4.17. The smallest absolute Gasteiger partial charge is 0.254 e. The van der Waals surface area contributed by atoms with E-state index in [1.54, 1.807) is 30.3 Å². The van der Waals surface area contributed by atoms with E-state index in [-0.39, 0.29) is 5.56 Å². The van der Waals surface area contributed by atoms with Crippen LogP contribution in [0.3, 0.4) is 0 Å². The van der Waals surface area contributed by atoms with Gasteiger partial charge in [0.2, 0.25) is 0 Å². The van der Waals surface area contributed by atoms with Crippen LogP contribution in [0, 0.1) is 5.82 Å². The van der Waals surface area contributed by atoms with Crippen molar-refractivity contribution >= 4 is 33.4 Å². The summed E-state index contributed by atoms with van der Waals surface area (Å²) in [6, 6.07) is 11.3. The van der Waals surface area contributed by atoms with Gasteiger partial charge in [0.25, 0.3) is 5.91 Å². The Kier molecular flexibility index (Phi) is 4.56. The molecular weight excluding hydrogens is 333 g/mol. The van der Waals surface area contributed by atoms with E-state index in [4.69, 9.17) is 11.6 Å². The van der Waals surface area contributed by atoms with Gasteiger partial charge >= 0.3 is 0 Å². The van der Waals surface area contributed by atoms with Gasteiger partial charge in [-0.3, -0.25) is 4.79 Å². The molecular formula is C14H10BrClFNO. The maximum absolute atomic E-state index is 13.5. The minimum Gasteiger partial charge on any atom is -0.348 e. The third-order valence-corrected chi connectivity index (χ3v) is 3.28. The summed E-state index contributed by atoms with van der Waals surface area (Å²) < 4.78 is 14.2. The highest BCUT2D eigenvalue weighted by Gasteiger charge is 2.11. The van der Waals surface area contributed by atoms with Gasteiger partial charge in [0.05, 0.1) is 5.56 Å². The Bertz CT molecular complexity index is 601. The average Bonchev–Trinajstić information content (AvgIpc) is 2.40. The minimum atomic E-state index is -0.545. The van der Waals surface area contributed by atoms with Gasteiger partial charge in [-0.2, -0.15) is 0 Å². The molecule has 1 N–H and O–H groups in total. The third-order valence-electron chi connectivity index (χ3n) is 2.54. The van der Waals surface area contributed by atoms with Crippen molar-refractivity contribution in [2.75, 3.05) is 0 Å². The van der Waals surface area contributed by atoms with Crippen molar-refractivity contribution < 1.29 is 9.18 Å². The normalized spacial score (nSPS) is 10.3. The molecule has 2 aromatic rings. The predicted molar refractivity (Wildman–Crippen MR) is 76.7 cm³/mol. The molecule has 0 fully saturated rings. The molecule has 0 saturated carbocycles. The standard InChI is InChI=1S/C14H10BrClFNO/c15-10-3-6-13(17)12(7-10)14(19)18-8-9-1-4-11(16)5-2-9/h1-7H,8H2,(H,18,19). The maximum atomic E-state index is 13.5. The van der Waals surface area contributed by atoms with E-state index in [0.29, 0.717) is 16.0 Å². The molecule has 2 nitrogen and oxygen atoms in total. The molecule has 0 bridgehead atoms. The molecule has 0 saturated heterocycles. The summed E-state index contributed by atoms with van der Waals surface area (Å²) in [5, 5.41) is 3.29. The zero-order valence-electron chi connectivity index (χ0n) is 9.79. The summed E-state index contributed by atoms with van der Waals surface area (Å²) in [5.41, 5.74) is 0.913. The Morgan fingerprint density at radius 1 is 1.21 bits per heavy atom. The van der Waals surface area contributed by atoms with E-state index >= 15 is 0 Å². The molecule has 0 aliphatic carbocycles. The molecule has 0 aromatic heterocycles. The van der Waals surface area contributed by atoms with Crippen LogP contribution < -0.4 is 5.32 Å². The lowest BCUT2D eigenvalue weighted by atomic mass is 10.2. The zero-order valence-corrected chi connectivity index (χ0v) is 12.1. The summed E-state index contributed by atoms with van der Waals surface area (Å²) in [5.74, 6) is -0.995. The van der Waals surface area contributed by atoms with Crippen molar-refractivity contribution in [1.29, 1.82) is 0 Å². The second-order valence-electron chi connectivity index (χ2n) is 3.93. The molecule has 0 spiro atoms.